The normalized spacial score (nSPS) is 28.6. The molecule has 1 saturated heterocycles. The van der Waals surface area contributed by atoms with Gasteiger partial charge in [-0.1, -0.05) is 20.8 Å². The van der Waals surface area contributed by atoms with Gasteiger partial charge >= 0.3 is 0 Å². The van der Waals surface area contributed by atoms with Crippen molar-refractivity contribution < 1.29 is 4.39 Å². The van der Waals surface area contributed by atoms with E-state index < -0.39 is 0 Å². The number of benzene rings is 1. The molecule has 4 rings (SSSR count). The summed E-state index contributed by atoms with van der Waals surface area (Å²) in [4.78, 5) is 18.8. The van der Waals surface area contributed by atoms with Crippen LogP contribution < -0.4 is 5.43 Å². The van der Waals surface area contributed by atoms with Crippen LogP contribution in [0.4, 0.5) is 4.39 Å². The van der Waals surface area contributed by atoms with E-state index in [0.717, 1.165) is 17.8 Å². The third-order valence-corrected chi connectivity index (χ3v) is 6.16. The molecule has 0 amide bonds. The molecule has 25 heavy (non-hydrogen) atoms. The Morgan fingerprint density at radius 3 is 2.80 bits per heavy atom. The molecule has 1 saturated carbocycles. The average Bonchev–Trinajstić information content (AvgIpc) is 2.73. The Morgan fingerprint density at radius 1 is 1.28 bits per heavy atom. The highest BCUT2D eigenvalue weighted by molar-refractivity contribution is 5.79. The van der Waals surface area contributed by atoms with E-state index in [1.54, 1.807) is 6.07 Å². The quantitative estimate of drug-likeness (QED) is 0.879. The van der Waals surface area contributed by atoms with Gasteiger partial charge in [-0.15, -0.1) is 0 Å². The van der Waals surface area contributed by atoms with E-state index in [0.29, 0.717) is 34.3 Å². The molecular formula is C21H27FN2O. The fourth-order valence-corrected chi connectivity index (χ4v) is 5.58. The highest BCUT2D eigenvalue weighted by Crippen LogP contribution is 2.52. The zero-order valence-corrected chi connectivity index (χ0v) is 15.6. The Morgan fingerprint density at radius 2 is 2.04 bits per heavy atom. The predicted octanol–water partition coefficient (Wildman–Crippen LogP) is 4.38. The van der Waals surface area contributed by atoms with Crippen LogP contribution in [0.25, 0.3) is 10.9 Å². The number of H-pyrrole nitrogens is 1. The van der Waals surface area contributed by atoms with Crippen molar-refractivity contribution in [1.29, 1.82) is 0 Å². The number of likely N-dealkylation sites (tertiary alicyclic amines) is 1. The van der Waals surface area contributed by atoms with Crippen LogP contribution in [0.5, 0.6) is 0 Å². The molecule has 2 heterocycles. The smallest absolute Gasteiger partial charge is 0.194 e. The van der Waals surface area contributed by atoms with Gasteiger partial charge < -0.3 is 4.98 Å². The van der Waals surface area contributed by atoms with Crippen LogP contribution in [-0.4, -0.2) is 22.5 Å². The Balaban J connectivity index is 1.71. The summed E-state index contributed by atoms with van der Waals surface area (Å²) in [5.74, 6) is -0.362. The van der Waals surface area contributed by atoms with Gasteiger partial charge in [0.2, 0.25) is 0 Å². The summed E-state index contributed by atoms with van der Waals surface area (Å²) in [7, 11) is 0. The lowest BCUT2D eigenvalue weighted by atomic mass is 9.65. The Kier molecular flexibility index (Phi) is 3.63. The molecule has 0 unspecified atom stereocenters. The largest absolute Gasteiger partial charge is 0.358 e. The molecule has 1 N–H and O–H groups in total. The number of aryl methyl sites for hydroxylation is 1. The first-order valence-corrected chi connectivity index (χ1v) is 9.21. The molecule has 1 aliphatic heterocycles. The number of fused-ring (bicyclic) bond motifs is 3. The van der Waals surface area contributed by atoms with Gasteiger partial charge in [0.25, 0.3) is 0 Å². The van der Waals surface area contributed by atoms with Crippen LogP contribution in [0.1, 0.15) is 51.3 Å². The fraction of sp³-hybridized carbons (Fsp3) is 0.571. The number of nitrogens with one attached hydrogen (secondary N) is 1. The van der Waals surface area contributed by atoms with E-state index in [9.17, 15) is 9.18 Å². The van der Waals surface area contributed by atoms with E-state index in [1.807, 2.05) is 6.92 Å². The lowest BCUT2D eigenvalue weighted by molar-refractivity contribution is 0.126. The average molecular weight is 342 g/mol. The number of aromatic nitrogens is 1. The van der Waals surface area contributed by atoms with Crippen molar-refractivity contribution in [1.82, 2.24) is 9.88 Å². The van der Waals surface area contributed by atoms with Crippen molar-refractivity contribution in [2.24, 2.45) is 10.8 Å². The van der Waals surface area contributed by atoms with E-state index in [4.69, 9.17) is 0 Å². The van der Waals surface area contributed by atoms with Crippen molar-refractivity contribution >= 4 is 10.9 Å². The van der Waals surface area contributed by atoms with Crippen LogP contribution in [0.3, 0.4) is 0 Å². The highest BCUT2D eigenvalue weighted by atomic mass is 19.1. The zero-order chi connectivity index (χ0) is 18.0. The lowest BCUT2D eigenvalue weighted by Crippen LogP contribution is -2.35. The summed E-state index contributed by atoms with van der Waals surface area (Å²) in [5.41, 5.74) is 3.07. The maximum absolute atomic E-state index is 13.6. The molecule has 2 aromatic rings. The first kappa shape index (κ1) is 16.8. The van der Waals surface area contributed by atoms with E-state index in [2.05, 4.69) is 30.7 Å². The molecule has 2 aliphatic rings. The van der Waals surface area contributed by atoms with Crippen molar-refractivity contribution in [3.63, 3.8) is 0 Å². The lowest BCUT2D eigenvalue weighted by Gasteiger charge is -2.40. The Bertz CT molecular complexity index is 901. The minimum Gasteiger partial charge on any atom is -0.358 e. The van der Waals surface area contributed by atoms with Gasteiger partial charge in [-0.25, -0.2) is 4.39 Å². The number of nitrogens with zero attached hydrogens (tertiary/aromatic N) is 1. The van der Waals surface area contributed by atoms with Gasteiger partial charge in [-0.2, -0.15) is 0 Å². The van der Waals surface area contributed by atoms with Crippen LogP contribution in [-0.2, 0) is 6.54 Å². The molecule has 4 heteroatoms. The predicted molar refractivity (Wildman–Crippen MR) is 99.2 cm³/mol. The second-order valence-electron chi connectivity index (χ2n) is 9.37. The molecule has 2 bridgehead atoms. The summed E-state index contributed by atoms with van der Waals surface area (Å²) in [5, 5.41) is 0.453. The molecule has 1 aromatic carbocycles. The van der Waals surface area contributed by atoms with Gasteiger partial charge in [0.05, 0.1) is 0 Å². The maximum atomic E-state index is 13.6. The minimum absolute atomic E-state index is 0.0309. The minimum atomic E-state index is -0.362. The Labute approximate surface area is 148 Å². The molecule has 0 spiro atoms. The summed E-state index contributed by atoms with van der Waals surface area (Å²) in [6.07, 6.45) is 3.64. The molecule has 134 valence electrons. The zero-order valence-electron chi connectivity index (χ0n) is 15.6. The molecule has 2 fully saturated rings. The molecular weight excluding hydrogens is 315 g/mol. The number of rotatable bonds is 2. The summed E-state index contributed by atoms with van der Waals surface area (Å²) < 4.78 is 13.6. The van der Waals surface area contributed by atoms with E-state index in [1.165, 1.54) is 31.4 Å². The van der Waals surface area contributed by atoms with Crippen molar-refractivity contribution in [3.8, 4) is 0 Å². The monoisotopic (exact) mass is 342 g/mol. The molecule has 1 aliphatic carbocycles. The Hall–Kier alpha value is -1.68. The second kappa shape index (κ2) is 5.41. The third kappa shape index (κ3) is 2.91. The number of hydrogen-bond acceptors (Lipinski definition) is 2. The van der Waals surface area contributed by atoms with Gasteiger partial charge in [0, 0.05) is 41.3 Å². The van der Waals surface area contributed by atoms with Crippen LogP contribution in [0.15, 0.2) is 23.0 Å². The van der Waals surface area contributed by atoms with Gasteiger partial charge in [-0.3, -0.25) is 9.69 Å². The van der Waals surface area contributed by atoms with Crippen molar-refractivity contribution in [3.05, 3.63) is 45.5 Å². The van der Waals surface area contributed by atoms with Gasteiger partial charge in [0.1, 0.15) is 5.82 Å². The number of pyridine rings is 1. The third-order valence-electron chi connectivity index (χ3n) is 6.16. The first-order valence-electron chi connectivity index (χ1n) is 9.21. The fourth-order valence-electron chi connectivity index (χ4n) is 5.58. The maximum Gasteiger partial charge on any atom is 0.194 e. The number of halogens is 1. The van der Waals surface area contributed by atoms with Crippen LogP contribution in [0.2, 0.25) is 0 Å². The first-order chi connectivity index (χ1) is 11.7. The number of aromatic amines is 1. The SMILES string of the molecule is Cc1[nH]c2ccc(F)cc2c(=O)c1CN1C[C@@]2(C)C[C@@H]1CC(C)(C)C2. The molecule has 0 radical (unpaired) electrons. The second-order valence-corrected chi connectivity index (χ2v) is 9.37. The standard InChI is InChI=1S/C21H27FN2O/c1-13-17(19(25)16-7-14(22)5-6-18(16)23-13)10-24-12-21(4)9-15(24)8-20(2,3)11-21/h5-7,15H,8-12H2,1-4H3,(H,23,25)/t15-,21-/m0/s1. The van der Waals surface area contributed by atoms with Gasteiger partial charge in [-0.05, 0) is 55.2 Å². The van der Waals surface area contributed by atoms with Crippen molar-refractivity contribution in [2.45, 2.75) is 59.5 Å². The van der Waals surface area contributed by atoms with Crippen LogP contribution in [0, 0.1) is 23.6 Å². The highest BCUT2D eigenvalue weighted by Gasteiger charge is 2.49. The molecule has 3 nitrogen and oxygen atoms in total. The van der Waals surface area contributed by atoms with Gasteiger partial charge in [0.15, 0.2) is 5.43 Å². The van der Waals surface area contributed by atoms with E-state index in [-0.39, 0.29) is 11.2 Å². The topological polar surface area (TPSA) is 36.1 Å². The summed E-state index contributed by atoms with van der Waals surface area (Å²) in [6, 6.07) is 4.93. The summed E-state index contributed by atoms with van der Waals surface area (Å²) in [6.45, 7) is 10.8. The number of hydrogen-bond donors (Lipinski definition) is 1. The van der Waals surface area contributed by atoms with Crippen molar-refractivity contribution in [2.75, 3.05) is 6.54 Å². The summed E-state index contributed by atoms with van der Waals surface area (Å²) >= 11 is 0. The van der Waals surface area contributed by atoms with Crippen LogP contribution >= 0.6 is 0 Å². The van der Waals surface area contributed by atoms with E-state index >= 15 is 0 Å². The molecule has 1 aromatic heterocycles. The molecule has 2 atom stereocenters.